The van der Waals surface area contributed by atoms with Crippen molar-refractivity contribution in [2.45, 2.75) is 57.3 Å². The van der Waals surface area contributed by atoms with Crippen molar-refractivity contribution >= 4 is 23.4 Å². The molecule has 1 N–H and O–H groups in total. The highest BCUT2D eigenvalue weighted by atomic mass is 32.2. The smallest absolute Gasteiger partial charge is 0.234 e. The lowest BCUT2D eigenvalue weighted by Gasteiger charge is -2.26. The maximum absolute atomic E-state index is 13.0. The molecule has 35 heavy (non-hydrogen) atoms. The molecule has 8 heteroatoms. The van der Waals surface area contributed by atoms with Gasteiger partial charge in [0.15, 0.2) is 28.6 Å². The Labute approximate surface area is 210 Å². The molecule has 0 fully saturated rings. The zero-order valence-electron chi connectivity index (χ0n) is 20.7. The number of nitrogens with zero attached hydrogens (tertiary/aromatic N) is 3. The molecule has 3 aromatic rings. The van der Waals surface area contributed by atoms with Crippen LogP contribution in [0, 0.1) is 0 Å². The zero-order valence-corrected chi connectivity index (χ0v) is 21.5. The minimum absolute atomic E-state index is 0.0779. The van der Waals surface area contributed by atoms with Gasteiger partial charge < -0.3 is 14.8 Å². The third-order valence-corrected chi connectivity index (χ3v) is 6.79. The van der Waals surface area contributed by atoms with Crippen LogP contribution in [0.15, 0.2) is 60.3 Å². The average Bonchev–Trinajstić information content (AvgIpc) is 3.25. The monoisotopic (exact) mass is 492 g/mol. The molecule has 1 amide bonds. The Morgan fingerprint density at radius 2 is 1.80 bits per heavy atom. The van der Waals surface area contributed by atoms with Gasteiger partial charge in [-0.15, -0.1) is 16.8 Å². The van der Waals surface area contributed by atoms with Crippen molar-refractivity contribution in [2.24, 2.45) is 0 Å². The molecule has 7 nitrogen and oxygen atoms in total. The molecule has 4 rings (SSSR count). The molecule has 0 saturated heterocycles. The number of aromatic nitrogens is 3. The number of ether oxygens (including phenoxy) is 2. The number of thioether (sulfide) groups is 1. The van der Waals surface area contributed by atoms with E-state index in [0.717, 1.165) is 16.8 Å². The van der Waals surface area contributed by atoms with E-state index >= 15 is 0 Å². The fourth-order valence-electron chi connectivity index (χ4n) is 4.09. The van der Waals surface area contributed by atoms with Gasteiger partial charge in [0.25, 0.3) is 0 Å². The van der Waals surface area contributed by atoms with Gasteiger partial charge in [-0.3, -0.25) is 9.36 Å². The summed E-state index contributed by atoms with van der Waals surface area (Å²) in [5.41, 5.74) is 3.20. The molecule has 184 valence electrons. The molecule has 2 aromatic carbocycles. The number of para-hydroxylation sites is 3. The Bertz CT molecular complexity index is 1180. The van der Waals surface area contributed by atoms with Gasteiger partial charge in [0.05, 0.1) is 5.75 Å². The fraction of sp³-hybridized carbons (Fsp3) is 0.370. The summed E-state index contributed by atoms with van der Waals surface area (Å²) in [5.74, 6) is 2.78. The van der Waals surface area contributed by atoms with Crippen LogP contribution >= 0.6 is 11.8 Å². The largest absolute Gasteiger partial charge is 0.485 e. The van der Waals surface area contributed by atoms with Gasteiger partial charge in [0.2, 0.25) is 5.91 Å². The van der Waals surface area contributed by atoms with E-state index in [1.807, 2.05) is 28.8 Å². The summed E-state index contributed by atoms with van der Waals surface area (Å²) in [6.45, 7) is 13.3. The number of hydrogen-bond donors (Lipinski definition) is 1. The Kier molecular flexibility index (Phi) is 7.80. The highest BCUT2D eigenvalue weighted by molar-refractivity contribution is 7.99. The van der Waals surface area contributed by atoms with Gasteiger partial charge in [-0.05, 0) is 35.1 Å². The Morgan fingerprint density at radius 1 is 1.11 bits per heavy atom. The van der Waals surface area contributed by atoms with Crippen LogP contribution in [0.2, 0.25) is 0 Å². The van der Waals surface area contributed by atoms with Crippen LogP contribution in [0.25, 0.3) is 0 Å². The maximum Gasteiger partial charge on any atom is 0.234 e. The van der Waals surface area contributed by atoms with E-state index in [1.54, 1.807) is 6.08 Å². The topological polar surface area (TPSA) is 78.3 Å². The van der Waals surface area contributed by atoms with Crippen LogP contribution in [0.4, 0.5) is 5.69 Å². The molecular weight excluding hydrogens is 460 g/mol. The van der Waals surface area contributed by atoms with E-state index < -0.39 is 6.10 Å². The summed E-state index contributed by atoms with van der Waals surface area (Å²) in [5, 5.41) is 12.5. The van der Waals surface area contributed by atoms with E-state index in [-0.39, 0.29) is 11.7 Å². The van der Waals surface area contributed by atoms with Gasteiger partial charge in [0, 0.05) is 12.2 Å². The molecule has 0 bridgehead atoms. The molecule has 1 aliphatic rings. The van der Waals surface area contributed by atoms with Crippen molar-refractivity contribution < 1.29 is 14.3 Å². The number of nitrogens with one attached hydrogen (secondary N) is 1. The van der Waals surface area contributed by atoms with Crippen LogP contribution in [-0.2, 0) is 11.3 Å². The number of benzene rings is 2. The second-order valence-electron chi connectivity index (χ2n) is 9.06. The van der Waals surface area contributed by atoms with Crippen LogP contribution in [-0.4, -0.2) is 33.0 Å². The van der Waals surface area contributed by atoms with Crippen LogP contribution in [0.3, 0.4) is 0 Å². The lowest BCUT2D eigenvalue weighted by Crippen LogP contribution is -2.25. The molecule has 0 radical (unpaired) electrons. The van der Waals surface area contributed by atoms with E-state index in [0.29, 0.717) is 47.5 Å². The van der Waals surface area contributed by atoms with Gasteiger partial charge in [-0.25, -0.2) is 0 Å². The predicted molar refractivity (Wildman–Crippen MR) is 139 cm³/mol. The van der Waals surface area contributed by atoms with E-state index in [9.17, 15) is 4.79 Å². The third-order valence-electron chi connectivity index (χ3n) is 5.82. The molecular formula is C27H32N4O3S. The highest BCUT2D eigenvalue weighted by Gasteiger charge is 2.28. The van der Waals surface area contributed by atoms with Crippen molar-refractivity contribution in [1.29, 1.82) is 0 Å². The minimum Gasteiger partial charge on any atom is -0.485 e. The van der Waals surface area contributed by atoms with E-state index in [2.05, 4.69) is 68.0 Å². The summed E-state index contributed by atoms with van der Waals surface area (Å²) in [4.78, 5) is 13.0. The number of rotatable bonds is 9. The first-order valence-corrected chi connectivity index (χ1v) is 12.9. The number of fused-ring (bicyclic) bond motifs is 1. The first kappa shape index (κ1) is 24.9. The molecule has 0 saturated carbocycles. The van der Waals surface area contributed by atoms with Crippen LogP contribution < -0.4 is 14.8 Å². The normalized spacial score (nSPS) is 14.9. The van der Waals surface area contributed by atoms with Gasteiger partial charge >= 0.3 is 0 Å². The van der Waals surface area contributed by atoms with Gasteiger partial charge in [-0.1, -0.05) is 75.9 Å². The summed E-state index contributed by atoms with van der Waals surface area (Å²) < 4.78 is 13.9. The third kappa shape index (κ3) is 5.53. The van der Waals surface area contributed by atoms with Crippen molar-refractivity contribution in [1.82, 2.24) is 14.8 Å². The fourth-order valence-corrected chi connectivity index (χ4v) is 4.85. The van der Waals surface area contributed by atoms with Gasteiger partial charge in [-0.2, -0.15) is 0 Å². The Morgan fingerprint density at radius 3 is 2.46 bits per heavy atom. The first-order valence-electron chi connectivity index (χ1n) is 11.9. The molecule has 1 atom stereocenters. The number of anilines is 1. The van der Waals surface area contributed by atoms with E-state index in [1.165, 1.54) is 11.8 Å². The van der Waals surface area contributed by atoms with E-state index in [4.69, 9.17) is 9.47 Å². The van der Waals surface area contributed by atoms with Crippen LogP contribution in [0.1, 0.15) is 62.6 Å². The number of allylic oxidation sites excluding steroid dienone is 1. The number of amides is 1. The molecule has 0 spiro atoms. The second-order valence-corrected chi connectivity index (χ2v) is 10.0. The standard InChI is InChI=1S/C27H32N4O3S/c1-6-14-31-26(23-15-33-21-12-7-8-13-22(21)34-23)29-30-27(31)35-16-24(32)28-25-19(17(2)3)10-9-11-20(25)18(4)5/h6-13,17-18,23H,1,14-16H2,2-5H3,(H,28,32). The molecule has 2 heterocycles. The van der Waals surface area contributed by atoms with Crippen molar-refractivity contribution in [3.05, 3.63) is 72.1 Å². The van der Waals surface area contributed by atoms with Crippen LogP contribution in [0.5, 0.6) is 11.5 Å². The lowest BCUT2D eigenvalue weighted by molar-refractivity contribution is -0.113. The summed E-state index contributed by atoms with van der Waals surface area (Å²) in [7, 11) is 0. The Hall–Kier alpha value is -3.26. The SMILES string of the molecule is C=CCn1c(SCC(=O)Nc2c(C(C)C)cccc2C(C)C)nnc1C1COc2ccccc2O1. The zero-order chi connectivity index (χ0) is 24.9. The molecule has 1 aliphatic heterocycles. The first-order chi connectivity index (χ1) is 16.9. The molecule has 0 aliphatic carbocycles. The second kappa shape index (κ2) is 11.0. The lowest BCUT2D eigenvalue weighted by atomic mass is 9.92. The van der Waals surface area contributed by atoms with Crippen molar-refractivity contribution in [2.75, 3.05) is 17.7 Å². The summed E-state index contributed by atoms with van der Waals surface area (Å²) in [6.07, 6.45) is 1.38. The molecule has 1 unspecified atom stereocenters. The average molecular weight is 493 g/mol. The molecule has 1 aromatic heterocycles. The van der Waals surface area contributed by atoms with Gasteiger partial charge in [0.1, 0.15) is 6.61 Å². The minimum atomic E-state index is -0.396. The highest BCUT2D eigenvalue weighted by Crippen LogP contribution is 2.36. The van der Waals surface area contributed by atoms with Crippen molar-refractivity contribution in [3.8, 4) is 11.5 Å². The number of hydrogen-bond acceptors (Lipinski definition) is 6. The Balaban J connectivity index is 1.49. The maximum atomic E-state index is 13.0. The number of carbonyl (C=O) groups is 1. The predicted octanol–water partition coefficient (Wildman–Crippen LogP) is 5.95. The number of carbonyl (C=O) groups excluding carboxylic acids is 1. The summed E-state index contributed by atoms with van der Waals surface area (Å²) >= 11 is 1.35. The van der Waals surface area contributed by atoms with Crippen molar-refractivity contribution in [3.63, 3.8) is 0 Å². The quantitative estimate of drug-likeness (QED) is 0.294. The summed E-state index contributed by atoms with van der Waals surface area (Å²) in [6, 6.07) is 13.8.